The maximum Gasteiger partial charge on any atom is 0.490 e. The highest BCUT2D eigenvalue weighted by atomic mass is 79.9. The molecule has 8 heteroatoms. The summed E-state index contributed by atoms with van der Waals surface area (Å²) >= 11 is 2.99. The van der Waals surface area contributed by atoms with E-state index in [0.717, 1.165) is 6.54 Å². The maximum atomic E-state index is 10.6. The van der Waals surface area contributed by atoms with Gasteiger partial charge in [-0.15, -0.1) is 0 Å². The number of halogens is 4. The fourth-order valence-electron chi connectivity index (χ4n) is 0.882. The molecule has 1 aliphatic rings. The summed E-state index contributed by atoms with van der Waals surface area (Å²) in [6, 6.07) is 0. The van der Waals surface area contributed by atoms with Crippen LogP contribution in [0.3, 0.4) is 0 Å². The van der Waals surface area contributed by atoms with Crippen LogP contribution in [0.1, 0.15) is 0 Å². The van der Waals surface area contributed by atoms with Crippen LogP contribution in [-0.4, -0.2) is 41.6 Å². The van der Waals surface area contributed by atoms with Crippen LogP contribution in [0.5, 0.6) is 0 Å². The molecule has 0 bridgehead atoms. The van der Waals surface area contributed by atoms with Crippen LogP contribution in [0, 0.1) is 16.7 Å². The van der Waals surface area contributed by atoms with E-state index in [0.29, 0.717) is 6.54 Å². The van der Waals surface area contributed by atoms with Crippen molar-refractivity contribution in [3.05, 3.63) is 0 Å². The molecular formula is C8H9BrF3NO3. The van der Waals surface area contributed by atoms with Gasteiger partial charge in [-0.2, -0.15) is 13.2 Å². The fourth-order valence-corrected chi connectivity index (χ4v) is 1.18. The number of aliphatic hydroxyl groups is 1. The third-order valence-electron chi connectivity index (χ3n) is 1.66. The zero-order valence-electron chi connectivity index (χ0n) is 7.88. The number of β-amino-alcohol motifs (C(OH)–C–C–N with tert-alkyl or cyclic N) is 1. The van der Waals surface area contributed by atoms with E-state index < -0.39 is 12.1 Å². The summed E-state index contributed by atoms with van der Waals surface area (Å²) < 4.78 is 31.7. The zero-order valence-corrected chi connectivity index (χ0v) is 9.47. The number of carboxylic acids is 1. The lowest BCUT2D eigenvalue weighted by molar-refractivity contribution is -0.192. The van der Waals surface area contributed by atoms with E-state index in [4.69, 9.17) is 15.0 Å². The number of carboxylic acid groups (broad SMARTS) is 1. The van der Waals surface area contributed by atoms with E-state index in [1.807, 2.05) is 0 Å². The van der Waals surface area contributed by atoms with Crippen molar-refractivity contribution in [2.75, 3.05) is 13.1 Å². The Morgan fingerprint density at radius 2 is 1.94 bits per heavy atom. The molecule has 0 spiro atoms. The monoisotopic (exact) mass is 303 g/mol. The van der Waals surface area contributed by atoms with Crippen molar-refractivity contribution in [3.63, 3.8) is 0 Å². The first-order valence-corrected chi connectivity index (χ1v) is 4.88. The second kappa shape index (κ2) is 6.73. The lowest BCUT2D eigenvalue weighted by Gasteiger charge is -2.02. The molecule has 3 N–H and O–H groups in total. The van der Waals surface area contributed by atoms with Gasteiger partial charge >= 0.3 is 12.1 Å². The minimum Gasteiger partial charge on any atom is -0.475 e. The van der Waals surface area contributed by atoms with E-state index in [1.165, 1.54) is 0 Å². The zero-order chi connectivity index (χ0) is 12.8. The molecule has 2 atom stereocenters. The lowest BCUT2D eigenvalue weighted by Crippen LogP contribution is -2.21. The normalized spacial score (nSPS) is 23.8. The Bertz CT molecular complexity index is 297. The van der Waals surface area contributed by atoms with Crippen LogP contribution < -0.4 is 5.32 Å². The molecule has 0 aromatic heterocycles. The molecule has 0 saturated carbocycles. The number of nitrogens with one attached hydrogen (secondary N) is 1. The van der Waals surface area contributed by atoms with Crippen LogP contribution in [0.2, 0.25) is 0 Å². The third-order valence-corrected chi connectivity index (χ3v) is 1.89. The summed E-state index contributed by atoms with van der Waals surface area (Å²) in [5.74, 6) is 0.207. The number of aliphatic hydroxyl groups excluding tert-OH is 1. The summed E-state index contributed by atoms with van der Waals surface area (Å²) in [7, 11) is 0. The molecule has 16 heavy (non-hydrogen) atoms. The van der Waals surface area contributed by atoms with Gasteiger partial charge in [-0.05, 0) is 4.83 Å². The van der Waals surface area contributed by atoms with Crippen molar-refractivity contribution in [3.8, 4) is 10.8 Å². The molecule has 1 saturated heterocycles. The first-order chi connectivity index (χ1) is 7.29. The number of hydrogen-bond donors (Lipinski definition) is 3. The molecule has 92 valence electrons. The van der Waals surface area contributed by atoms with Gasteiger partial charge in [-0.25, -0.2) is 4.79 Å². The molecule has 4 nitrogen and oxygen atoms in total. The minimum absolute atomic E-state index is 0.115. The van der Waals surface area contributed by atoms with Gasteiger partial charge in [0.15, 0.2) is 0 Å². The minimum atomic E-state index is -5.08. The van der Waals surface area contributed by atoms with E-state index in [1.54, 1.807) is 0 Å². The highest BCUT2D eigenvalue weighted by Gasteiger charge is 2.38. The van der Waals surface area contributed by atoms with Crippen LogP contribution in [-0.2, 0) is 4.79 Å². The molecule has 1 rings (SSSR count). The predicted molar refractivity (Wildman–Crippen MR) is 52.8 cm³/mol. The topological polar surface area (TPSA) is 69.6 Å². The van der Waals surface area contributed by atoms with Gasteiger partial charge in [0.25, 0.3) is 0 Å². The lowest BCUT2D eigenvalue weighted by atomic mass is 10.1. The Kier molecular flexibility index (Phi) is 6.40. The predicted octanol–water partition coefficient (Wildman–Crippen LogP) is 0.556. The molecule has 1 fully saturated rings. The van der Waals surface area contributed by atoms with Crippen molar-refractivity contribution in [1.29, 1.82) is 0 Å². The van der Waals surface area contributed by atoms with E-state index in [9.17, 15) is 13.2 Å². The number of aliphatic carboxylic acids is 1. The quantitative estimate of drug-likeness (QED) is 0.572. The summed E-state index contributed by atoms with van der Waals surface area (Å²) in [5.41, 5.74) is 0. The molecule has 0 radical (unpaired) electrons. The second-order valence-corrected chi connectivity index (χ2v) is 3.27. The smallest absolute Gasteiger partial charge is 0.475 e. The average Bonchev–Trinajstić information content (AvgIpc) is 2.52. The van der Waals surface area contributed by atoms with Gasteiger partial charge in [0.2, 0.25) is 0 Å². The summed E-state index contributed by atoms with van der Waals surface area (Å²) in [6.07, 6.45) is -5.37. The summed E-state index contributed by atoms with van der Waals surface area (Å²) in [6.45, 7) is 1.48. The van der Waals surface area contributed by atoms with Crippen LogP contribution in [0.25, 0.3) is 0 Å². The highest BCUT2D eigenvalue weighted by Crippen LogP contribution is 2.13. The molecule has 1 heterocycles. The molecule has 0 aliphatic carbocycles. The second-order valence-electron chi connectivity index (χ2n) is 2.87. The largest absolute Gasteiger partial charge is 0.490 e. The number of rotatable bonds is 0. The van der Waals surface area contributed by atoms with E-state index >= 15 is 0 Å². The third kappa shape index (κ3) is 5.95. The van der Waals surface area contributed by atoms with Crippen molar-refractivity contribution in [1.82, 2.24) is 5.32 Å². The standard InChI is InChI=1S/C6H8BrNO.C2HF3O2/c7-2-1-5-3-8-4-6(5)9;3-2(4,5)1(6)7/h5-6,8-9H,3-4H2;(H,6,7)/t5-,6-;/m0./s1. The van der Waals surface area contributed by atoms with Gasteiger partial charge in [0.1, 0.15) is 0 Å². The Balaban J connectivity index is 0.000000293. The first kappa shape index (κ1) is 15.2. The molecule has 0 unspecified atom stereocenters. The SMILES string of the molecule is O=C(O)C(F)(F)F.O[C@H]1CNC[C@@H]1C#CBr. The van der Waals surface area contributed by atoms with Gasteiger partial charge in [0, 0.05) is 29.0 Å². The Hall–Kier alpha value is -0.780. The van der Waals surface area contributed by atoms with E-state index in [-0.39, 0.29) is 12.0 Å². The number of hydrogen-bond acceptors (Lipinski definition) is 3. The van der Waals surface area contributed by atoms with Crippen molar-refractivity contribution in [2.24, 2.45) is 5.92 Å². The van der Waals surface area contributed by atoms with Gasteiger partial charge in [-0.1, -0.05) is 5.92 Å². The maximum absolute atomic E-state index is 10.6. The highest BCUT2D eigenvalue weighted by molar-refractivity contribution is 9.12. The van der Waals surface area contributed by atoms with Crippen molar-refractivity contribution in [2.45, 2.75) is 12.3 Å². The van der Waals surface area contributed by atoms with Crippen LogP contribution in [0.15, 0.2) is 0 Å². The van der Waals surface area contributed by atoms with E-state index in [2.05, 4.69) is 32.0 Å². The Labute approximate surface area is 98.0 Å². The summed E-state index contributed by atoms with van der Waals surface area (Å²) in [5, 5.41) is 19.3. The fraction of sp³-hybridized carbons (Fsp3) is 0.625. The van der Waals surface area contributed by atoms with Crippen LogP contribution in [0.4, 0.5) is 13.2 Å². The van der Waals surface area contributed by atoms with Gasteiger partial charge < -0.3 is 15.5 Å². The molecule has 0 amide bonds. The Morgan fingerprint density at radius 3 is 2.19 bits per heavy atom. The molecule has 0 aromatic carbocycles. The van der Waals surface area contributed by atoms with Gasteiger partial charge in [0.05, 0.1) is 12.0 Å². The molecule has 0 aromatic rings. The number of carbonyl (C=O) groups is 1. The number of alkyl halides is 3. The van der Waals surface area contributed by atoms with Gasteiger partial charge in [-0.3, -0.25) is 0 Å². The van der Waals surface area contributed by atoms with Crippen molar-refractivity contribution >= 4 is 21.9 Å². The molecular weight excluding hydrogens is 295 g/mol. The average molecular weight is 304 g/mol. The van der Waals surface area contributed by atoms with Crippen LogP contribution >= 0.6 is 15.9 Å². The Morgan fingerprint density at radius 1 is 1.44 bits per heavy atom. The first-order valence-electron chi connectivity index (χ1n) is 4.09. The molecule has 1 aliphatic heterocycles. The summed E-state index contributed by atoms with van der Waals surface area (Å²) in [4.78, 5) is 11.5. The van der Waals surface area contributed by atoms with Crippen molar-refractivity contribution < 1.29 is 28.2 Å².